The van der Waals surface area contributed by atoms with Crippen LogP contribution in [0.15, 0.2) is 65.1 Å². The van der Waals surface area contributed by atoms with Crippen LogP contribution in [0, 0.1) is 0 Å². The molecule has 0 unspecified atom stereocenters. The van der Waals surface area contributed by atoms with Gasteiger partial charge in [-0.2, -0.15) is 0 Å². The van der Waals surface area contributed by atoms with Crippen LogP contribution in [-0.4, -0.2) is 21.1 Å². The average molecular weight is 417 g/mol. The zero-order chi connectivity index (χ0) is 20.3. The van der Waals surface area contributed by atoms with Gasteiger partial charge in [-0.3, -0.25) is 4.79 Å². The minimum absolute atomic E-state index is 0.116. The van der Waals surface area contributed by atoms with Gasteiger partial charge in [0.1, 0.15) is 10.7 Å². The maximum Gasteiger partial charge on any atom is 0.226 e. The number of aromatic nitrogens is 3. The van der Waals surface area contributed by atoms with E-state index in [1.807, 2.05) is 60.7 Å². The number of aryl methyl sites for hydroxylation is 1. The molecule has 1 fully saturated rings. The van der Waals surface area contributed by atoms with Crippen molar-refractivity contribution in [2.75, 3.05) is 5.32 Å². The van der Waals surface area contributed by atoms with E-state index in [1.54, 1.807) is 0 Å². The second kappa shape index (κ2) is 8.20. The summed E-state index contributed by atoms with van der Waals surface area (Å²) in [4.78, 5) is 17.1. The van der Waals surface area contributed by atoms with Gasteiger partial charge in [0.05, 0.1) is 0 Å². The molecule has 0 bridgehead atoms. The standard InChI is InChI=1S/C23H20N4O2S/c28-18(24-23-27-26-22(30-23)17-11-12-17)13-14-19-25-20(15-7-3-1-4-8-15)21(29-19)16-9-5-2-6-10-16/h1-10,17H,11-14H2,(H,24,27,28). The van der Waals surface area contributed by atoms with Crippen LogP contribution >= 0.6 is 11.3 Å². The number of carbonyl (C=O) groups excluding carboxylic acids is 1. The first-order valence-corrected chi connectivity index (χ1v) is 10.8. The summed E-state index contributed by atoms with van der Waals surface area (Å²) >= 11 is 1.46. The quantitative estimate of drug-likeness (QED) is 0.442. The Morgan fingerprint density at radius 2 is 1.70 bits per heavy atom. The molecule has 0 aliphatic heterocycles. The first kappa shape index (κ1) is 18.7. The molecule has 0 atom stereocenters. The molecule has 1 aliphatic rings. The van der Waals surface area contributed by atoms with Crippen molar-refractivity contribution in [2.24, 2.45) is 0 Å². The molecule has 0 spiro atoms. The number of amides is 1. The number of anilines is 1. The Bertz CT molecular complexity index is 1090. The number of rotatable bonds is 7. The van der Waals surface area contributed by atoms with Crippen molar-refractivity contribution in [1.82, 2.24) is 15.2 Å². The van der Waals surface area contributed by atoms with E-state index in [4.69, 9.17) is 9.40 Å². The van der Waals surface area contributed by atoms with Gasteiger partial charge in [-0.05, 0) is 12.8 Å². The Kier molecular flexibility index (Phi) is 5.11. The number of oxazole rings is 1. The highest BCUT2D eigenvalue weighted by atomic mass is 32.1. The van der Waals surface area contributed by atoms with Gasteiger partial charge in [-0.1, -0.05) is 72.0 Å². The maximum atomic E-state index is 12.4. The third-order valence-electron chi connectivity index (χ3n) is 4.93. The number of nitrogens with zero attached hydrogens (tertiary/aromatic N) is 3. The summed E-state index contributed by atoms with van der Waals surface area (Å²) in [7, 11) is 0. The second-order valence-electron chi connectivity index (χ2n) is 7.29. The number of hydrogen-bond donors (Lipinski definition) is 1. The predicted octanol–water partition coefficient (Wildman–Crippen LogP) is 5.31. The SMILES string of the molecule is O=C(CCc1nc(-c2ccccc2)c(-c2ccccc2)o1)Nc1nnc(C2CC2)s1. The Labute approximate surface area is 178 Å². The maximum absolute atomic E-state index is 12.4. The fraction of sp³-hybridized carbons (Fsp3) is 0.217. The number of benzene rings is 2. The molecule has 2 heterocycles. The molecule has 1 saturated carbocycles. The first-order valence-electron chi connectivity index (χ1n) is 10.00. The Morgan fingerprint density at radius 3 is 2.40 bits per heavy atom. The molecule has 6 nitrogen and oxygen atoms in total. The molecule has 0 radical (unpaired) electrons. The molecule has 7 heteroatoms. The average Bonchev–Trinajstić information content (AvgIpc) is 3.38. The molecular weight excluding hydrogens is 396 g/mol. The van der Waals surface area contributed by atoms with E-state index in [9.17, 15) is 4.79 Å². The smallest absolute Gasteiger partial charge is 0.226 e. The summed E-state index contributed by atoms with van der Waals surface area (Å²) in [5, 5.41) is 12.6. The molecule has 4 aromatic rings. The third-order valence-corrected chi connectivity index (χ3v) is 5.94. The van der Waals surface area contributed by atoms with Crippen molar-refractivity contribution in [3.63, 3.8) is 0 Å². The fourth-order valence-electron chi connectivity index (χ4n) is 3.23. The summed E-state index contributed by atoms with van der Waals surface area (Å²) in [5.74, 6) is 1.68. The third kappa shape index (κ3) is 4.16. The van der Waals surface area contributed by atoms with E-state index in [0.717, 1.165) is 27.6 Å². The van der Waals surface area contributed by atoms with Gasteiger partial charge in [0.15, 0.2) is 11.7 Å². The Hall–Kier alpha value is -3.32. The fourth-order valence-corrected chi connectivity index (χ4v) is 4.16. The summed E-state index contributed by atoms with van der Waals surface area (Å²) in [6, 6.07) is 19.8. The van der Waals surface area contributed by atoms with Crippen LogP contribution in [0.5, 0.6) is 0 Å². The van der Waals surface area contributed by atoms with Gasteiger partial charge in [0.25, 0.3) is 0 Å². The van der Waals surface area contributed by atoms with Crippen LogP contribution in [0.25, 0.3) is 22.6 Å². The summed E-state index contributed by atoms with van der Waals surface area (Å²) < 4.78 is 6.08. The molecule has 150 valence electrons. The van der Waals surface area contributed by atoms with E-state index in [1.165, 1.54) is 24.2 Å². The molecular formula is C23H20N4O2S. The normalized spacial score (nSPS) is 13.3. The molecule has 2 aromatic heterocycles. The predicted molar refractivity (Wildman–Crippen MR) is 116 cm³/mol. The molecule has 5 rings (SSSR count). The molecule has 2 aromatic carbocycles. The van der Waals surface area contributed by atoms with Gasteiger partial charge >= 0.3 is 0 Å². The van der Waals surface area contributed by atoms with Crippen LogP contribution in [-0.2, 0) is 11.2 Å². The van der Waals surface area contributed by atoms with E-state index in [2.05, 4.69) is 15.5 Å². The summed E-state index contributed by atoms with van der Waals surface area (Å²) in [6.45, 7) is 0. The van der Waals surface area contributed by atoms with Crippen molar-refractivity contribution >= 4 is 22.4 Å². The largest absolute Gasteiger partial charge is 0.440 e. The lowest BCUT2D eigenvalue weighted by atomic mass is 10.1. The molecule has 1 amide bonds. The van der Waals surface area contributed by atoms with Gasteiger partial charge in [0, 0.05) is 29.9 Å². The minimum Gasteiger partial charge on any atom is -0.440 e. The lowest BCUT2D eigenvalue weighted by Gasteiger charge is -2.00. The minimum atomic E-state index is -0.116. The van der Waals surface area contributed by atoms with E-state index in [-0.39, 0.29) is 12.3 Å². The highest BCUT2D eigenvalue weighted by Crippen LogP contribution is 2.42. The molecule has 0 saturated heterocycles. The van der Waals surface area contributed by atoms with Gasteiger partial charge in [0.2, 0.25) is 11.0 Å². The number of carbonyl (C=O) groups is 1. The van der Waals surface area contributed by atoms with Crippen LogP contribution < -0.4 is 5.32 Å². The van der Waals surface area contributed by atoms with Crippen molar-refractivity contribution in [3.8, 4) is 22.6 Å². The number of nitrogens with one attached hydrogen (secondary N) is 1. The zero-order valence-corrected chi connectivity index (χ0v) is 17.1. The summed E-state index contributed by atoms with van der Waals surface area (Å²) in [6.07, 6.45) is 3.01. The highest BCUT2D eigenvalue weighted by Gasteiger charge is 2.27. The van der Waals surface area contributed by atoms with Crippen LogP contribution in [0.1, 0.15) is 36.1 Å². The lowest BCUT2D eigenvalue weighted by Crippen LogP contribution is -2.12. The molecule has 1 N–H and O–H groups in total. The number of hydrogen-bond acceptors (Lipinski definition) is 6. The Morgan fingerprint density at radius 1 is 1.00 bits per heavy atom. The van der Waals surface area contributed by atoms with E-state index in [0.29, 0.717) is 23.4 Å². The van der Waals surface area contributed by atoms with Crippen molar-refractivity contribution < 1.29 is 9.21 Å². The Balaban J connectivity index is 1.31. The highest BCUT2D eigenvalue weighted by molar-refractivity contribution is 7.15. The topological polar surface area (TPSA) is 80.9 Å². The van der Waals surface area contributed by atoms with Crippen molar-refractivity contribution in [2.45, 2.75) is 31.6 Å². The van der Waals surface area contributed by atoms with Gasteiger partial charge in [-0.25, -0.2) is 4.98 Å². The zero-order valence-electron chi connectivity index (χ0n) is 16.2. The second-order valence-corrected chi connectivity index (χ2v) is 8.29. The van der Waals surface area contributed by atoms with Crippen LogP contribution in [0.2, 0.25) is 0 Å². The summed E-state index contributed by atoms with van der Waals surface area (Å²) in [5.41, 5.74) is 2.73. The monoisotopic (exact) mass is 416 g/mol. The lowest BCUT2D eigenvalue weighted by molar-refractivity contribution is -0.116. The van der Waals surface area contributed by atoms with Crippen molar-refractivity contribution in [1.29, 1.82) is 0 Å². The van der Waals surface area contributed by atoms with Gasteiger partial charge in [-0.15, -0.1) is 10.2 Å². The van der Waals surface area contributed by atoms with Crippen LogP contribution in [0.3, 0.4) is 0 Å². The van der Waals surface area contributed by atoms with Gasteiger partial charge < -0.3 is 9.73 Å². The molecule has 30 heavy (non-hydrogen) atoms. The van der Waals surface area contributed by atoms with Crippen molar-refractivity contribution in [3.05, 3.63) is 71.6 Å². The molecule has 1 aliphatic carbocycles. The van der Waals surface area contributed by atoms with E-state index >= 15 is 0 Å². The first-order chi connectivity index (χ1) is 14.8. The van der Waals surface area contributed by atoms with E-state index < -0.39 is 0 Å². The van der Waals surface area contributed by atoms with Crippen LogP contribution in [0.4, 0.5) is 5.13 Å².